The zero-order valence-electron chi connectivity index (χ0n) is 11.5. The van der Waals surface area contributed by atoms with E-state index in [0.29, 0.717) is 15.6 Å². The number of hydrogen-bond acceptors (Lipinski definition) is 3. The maximum absolute atomic E-state index is 13.9. The van der Waals surface area contributed by atoms with E-state index in [9.17, 15) is 13.9 Å². The van der Waals surface area contributed by atoms with Crippen molar-refractivity contribution in [2.75, 3.05) is 0 Å². The Balaban J connectivity index is 2.17. The summed E-state index contributed by atoms with van der Waals surface area (Å²) in [5.74, 6) is -1.51. The molecule has 1 N–H and O–H groups in total. The molecule has 0 atom stereocenters. The molecule has 118 valence electrons. The second kappa shape index (κ2) is 6.28. The fourth-order valence-corrected chi connectivity index (χ4v) is 2.73. The molecule has 0 fully saturated rings. The van der Waals surface area contributed by atoms with Gasteiger partial charge in [0.05, 0.1) is 22.8 Å². The van der Waals surface area contributed by atoms with Crippen LogP contribution in [0.4, 0.5) is 8.78 Å². The zero-order valence-corrected chi connectivity index (χ0v) is 13.0. The smallest absolute Gasteiger partial charge is 0.175 e. The molecule has 0 unspecified atom stereocenters. The first kappa shape index (κ1) is 15.9. The Labute approximate surface area is 140 Å². The van der Waals surface area contributed by atoms with Crippen LogP contribution in [0.15, 0.2) is 40.9 Å². The number of aromatic nitrogens is 1. The van der Waals surface area contributed by atoms with Gasteiger partial charge < -0.3 is 9.63 Å². The molecule has 0 amide bonds. The van der Waals surface area contributed by atoms with Crippen molar-refractivity contribution >= 4 is 23.2 Å². The summed E-state index contributed by atoms with van der Waals surface area (Å²) < 4.78 is 32.2. The highest BCUT2D eigenvalue weighted by Gasteiger charge is 2.22. The highest BCUT2D eigenvalue weighted by atomic mass is 35.5. The number of rotatable bonds is 3. The van der Waals surface area contributed by atoms with Crippen LogP contribution in [0, 0.1) is 11.6 Å². The van der Waals surface area contributed by atoms with Gasteiger partial charge in [-0.05, 0) is 30.3 Å². The molecule has 0 aliphatic rings. The van der Waals surface area contributed by atoms with Gasteiger partial charge in [-0.15, -0.1) is 0 Å². The molecule has 0 bridgehead atoms. The first-order valence-corrected chi connectivity index (χ1v) is 7.27. The monoisotopic (exact) mass is 355 g/mol. The molecule has 0 spiro atoms. The van der Waals surface area contributed by atoms with E-state index >= 15 is 0 Å². The van der Waals surface area contributed by atoms with Gasteiger partial charge in [0.25, 0.3) is 0 Å². The fourth-order valence-electron chi connectivity index (χ4n) is 2.23. The summed E-state index contributed by atoms with van der Waals surface area (Å²) in [6.07, 6.45) is 0. The van der Waals surface area contributed by atoms with Gasteiger partial charge in [-0.1, -0.05) is 28.4 Å². The molecule has 1 heterocycles. The Morgan fingerprint density at radius 3 is 2.43 bits per heavy atom. The van der Waals surface area contributed by atoms with E-state index in [2.05, 4.69) is 5.16 Å². The minimum Gasteiger partial charge on any atom is -0.391 e. The van der Waals surface area contributed by atoms with Gasteiger partial charge in [-0.3, -0.25) is 0 Å². The third-order valence-electron chi connectivity index (χ3n) is 3.31. The van der Waals surface area contributed by atoms with Crippen molar-refractivity contribution < 1.29 is 18.4 Å². The molecular formula is C16H9Cl2F2NO2. The second-order valence-corrected chi connectivity index (χ2v) is 5.59. The predicted octanol–water partition coefficient (Wildman–Crippen LogP) is 5.09. The lowest BCUT2D eigenvalue weighted by Crippen LogP contribution is -1.92. The van der Waals surface area contributed by atoms with Crippen LogP contribution in [0.3, 0.4) is 0 Å². The first-order valence-electron chi connectivity index (χ1n) is 6.51. The van der Waals surface area contributed by atoms with Crippen molar-refractivity contribution in [3.63, 3.8) is 0 Å². The minimum absolute atomic E-state index is 0.000661. The molecule has 3 nitrogen and oxygen atoms in total. The van der Waals surface area contributed by atoms with Gasteiger partial charge in [0.1, 0.15) is 17.3 Å². The molecule has 0 aliphatic heterocycles. The molecule has 3 rings (SSSR count). The zero-order chi connectivity index (χ0) is 16.6. The van der Waals surface area contributed by atoms with Crippen molar-refractivity contribution in [1.82, 2.24) is 5.16 Å². The molecule has 7 heteroatoms. The normalized spacial score (nSPS) is 11.0. The quantitative estimate of drug-likeness (QED) is 0.711. The highest BCUT2D eigenvalue weighted by Crippen LogP contribution is 2.37. The van der Waals surface area contributed by atoms with Gasteiger partial charge in [-0.25, -0.2) is 8.78 Å². The molecular weight excluding hydrogens is 347 g/mol. The second-order valence-electron chi connectivity index (χ2n) is 4.75. The summed E-state index contributed by atoms with van der Waals surface area (Å²) in [6.45, 7) is -0.454. The van der Waals surface area contributed by atoms with Crippen LogP contribution >= 0.6 is 23.2 Å². The predicted molar refractivity (Wildman–Crippen MR) is 83.2 cm³/mol. The fraction of sp³-hybridized carbons (Fsp3) is 0.0625. The standard InChI is InChI=1S/C16H9Cl2F2NO2/c17-8-1-3-10(13(18)5-8)15-12(7-22)16(23-21-15)11-4-2-9(19)6-14(11)20/h1-6,22H,7H2. The lowest BCUT2D eigenvalue weighted by molar-refractivity contribution is 0.281. The van der Waals surface area contributed by atoms with Crippen LogP contribution in [-0.4, -0.2) is 10.3 Å². The summed E-state index contributed by atoms with van der Waals surface area (Å²) in [4.78, 5) is 0. The van der Waals surface area contributed by atoms with Crippen molar-refractivity contribution in [2.24, 2.45) is 0 Å². The summed E-state index contributed by atoms with van der Waals surface area (Å²) in [6, 6.07) is 7.79. The molecule has 0 aliphatic carbocycles. The van der Waals surface area contributed by atoms with Crippen molar-refractivity contribution in [3.05, 3.63) is 63.6 Å². The number of aliphatic hydroxyl groups is 1. The third kappa shape index (κ3) is 2.95. The number of nitrogens with zero attached hydrogens (tertiary/aromatic N) is 1. The third-order valence-corrected chi connectivity index (χ3v) is 3.86. The van der Waals surface area contributed by atoms with Crippen LogP contribution in [0.5, 0.6) is 0 Å². The number of benzene rings is 2. The van der Waals surface area contributed by atoms with E-state index in [-0.39, 0.29) is 22.6 Å². The van der Waals surface area contributed by atoms with Crippen LogP contribution in [0.25, 0.3) is 22.6 Å². The lowest BCUT2D eigenvalue weighted by Gasteiger charge is -2.04. The molecule has 23 heavy (non-hydrogen) atoms. The maximum Gasteiger partial charge on any atom is 0.175 e. The van der Waals surface area contributed by atoms with E-state index in [1.165, 1.54) is 12.1 Å². The number of aliphatic hydroxyl groups excluding tert-OH is 1. The van der Waals surface area contributed by atoms with E-state index in [4.69, 9.17) is 27.7 Å². The summed E-state index contributed by atoms with van der Waals surface area (Å²) in [5, 5.41) is 14.3. The summed E-state index contributed by atoms with van der Waals surface area (Å²) in [7, 11) is 0. The van der Waals surface area contributed by atoms with E-state index in [1.54, 1.807) is 12.1 Å². The van der Waals surface area contributed by atoms with Crippen molar-refractivity contribution in [3.8, 4) is 22.6 Å². The molecule has 0 saturated carbocycles. The van der Waals surface area contributed by atoms with Gasteiger partial charge >= 0.3 is 0 Å². The highest BCUT2D eigenvalue weighted by molar-refractivity contribution is 6.36. The minimum atomic E-state index is -0.815. The average Bonchev–Trinajstić information content (AvgIpc) is 2.90. The Hall–Kier alpha value is -1.95. The van der Waals surface area contributed by atoms with E-state index in [1.807, 2.05) is 0 Å². The van der Waals surface area contributed by atoms with Crippen molar-refractivity contribution in [2.45, 2.75) is 6.61 Å². The van der Waals surface area contributed by atoms with Gasteiger partial charge in [-0.2, -0.15) is 0 Å². The average molecular weight is 356 g/mol. The Bertz CT molecular complexity index is 812. The van der Waals surface area contributed by atoms with Crippen LogP contribution in [0.1, 0.15) is 5.56 Å². The summed E-state index contributed by atoms with van der Waals surface area (Å²) in [5.41, 5.74) is 1.00. The summed E-state index contributed by atoms with van der Waals surface area (Å²) >= 11 is 12.0. The lowest BCUT2D eigenvalue weighted by atomic mass is 10.0. The SMILES string of the molecule is OCc1c(-c2ccc(Cl)cc2Cl)noc1-c1ccc(F)cc1F. The molecule has 0 radical (unpaired) electrons. The van der Waals surface area contributed by atoms with E-state index < -0.39 is 18.2 Å². The van der Waals surface area contributed by atoms with Gasteiger partial charge in [0.2, 0.25) is 0 Å². The van der Waals surface area contributed by atoms with Crippen molar-refractivity contribution in [1.29, 1.82) is 0 Å². The number of halogens is 4. The number of hydrogen-bond donors (Lipinski definition) is 1. The van der Waals surface area contributed by atoms with Crippen LogP contribution in [-0.2, 0) is 6.61 Å². The molecule has 1 aromatic heterocycles. The van der Waals surface area contributed by atoms with Crippen LogP contribution < -0.4 is 0 Å². The Kier molecular flexibility index (Phi) is 4.35. The maximum atomic E-state index is 13.9. The molecule has 0 saturated heterocycles. The molecule has 3 aromatic rings. The largest absolute Gasteiger partial charge is 0.391 e. The Morgan fingerprint density at radius 2 is 1.78 bits per heavy atom. The topological polar surface area (TPSA) is 46.3 Å². The molecule has 2 aromatic carbocycles. The van der Waals surface area contributed by atoms with Crippen LogP contribution in [0.2, 0.25) is 10.0 Å². The van der Waals surface area contributed by atoms with E-state index in [0.717, 1.165) is 12.1 Å². The van der Waals surface area contributed by atoms with Gasteiger partial charge in [0, 0.05) is 16.7 Å². The van der Waals surface area contributed by atoms with Gasteiger partial charge in [0.15, 0.2) is 5.76 Å². The Morgan fingerprint density at radius 1 is 1.04 bits per heavy atom. The first-order chi connectivity index (χ1) is 11.0.